The van der Waals surface area contributed by atoms with Gasteiger partial charge in [-0.2, -0.15) is 0 Å². The number of esters is 1. The molecule has 0 unspecified atom stereocenters. The lowest BCUT2D eigenvalue weighted by Crippen LogP contribution is -2.47. The van der Waals surface area contributed by atoms with E-state index in [-0.39, 0.29) is 19.4 Å². The number of nitrogens with zero attached hydrogens (tertiary/aromatic N) is 3. The van der Waals surface area contributed by atoms with E-state index in [2.05, 4.69) is 9.97 Å². The summed E-state index contributed by atoms with van der Waals surface area (Å²) in [6, 6.07) is 4.50. The zero-order chi connectivity index (χ0) is 26.0. The van der Waals surface area contributed by atoms with E-state index in [1.807, 2.05) is 38.3 Å². The second kappa shape index (κ2) is 10.3. The summed E-state index contributed by atoms with van der Waals surface area (Å²) in [6.45, 7) is 10.9. The average Bonchev–Trinajstić information content (AvgIpc) is 3.40. The van der Waals surface area contributed by atoms with Crippen LogP contribution in [0, 0.1) is 11.3 Å². The maximum atomic E-state index is 13.6. The van der Waals surface area contributed by atoms with Crippen LogP contribution >= 0.6 is 11.3 Å². The Hall–Kier alpha value is -3.01. The number of carboxylic acid groups (broad SMARTS) is 1. The van der Waals surface area contributed by atoms with Crippen molar-refractivity contribution in [2.75, 3.05) is 6.54 Å². The first kappa shape index (κ1) is 26.6. The van der Waals surface area contributed by atoms with Crippen LogP contribution in [0.2, 0.25) is 0 Å². The molecule has 1 saturated heterocycles. The van der Waals surface area contributed by atoms with Crippen LogP contribution in [0.3, 0.4) is 0 Å². The molecule has 9 nitrogen and oxygen atoms in total. The van der Waals surface area contributed by atoms with E-state index in [1.165, 1.54) is 22.6 Å². The van der Waals surface area contributed by atoms with E-state index in [0.717, 1.165) is 4.88 Å². The Labute approximate surface area is 209 Å². The number of hydrogen-bond acceptors (Lipinski definition) is 8. The molecule has 10 heteroatoms. The highest BCUT2D eigenvalue weighted by Gasteiger charge is 2.46. The number of amides is 1. The number of thiophene rings is 1. The van der Waals surface area contributed by atoms with Crippen LogP contribution in [0.15, 0.2) is 29.9 Å². The highest BCUT2D eigenvalue weighted by atomic mass is 32.1. The molecule has 0 saturated carbocycles. The van der Waals surface area contributed by atoms with Crippen LogP contribution in [0.5, 0.6) is 5.88 Å². The normalized spacial score (nSPS) is 19.3. The highest BCUT2D eigenvalue weighted by molar-refractivity contribution is 7.13. The number of hydrogen-bond donors (Lipinski definition) is 1. The van der Waals surface area contributed by atoms with Crippen molar-refractivity contribution >= 4 is 29.2 Å². The Kier molecular flexibility index (Phi) is 7.83. The van der Waals surface area contributed by atoms with Crippen LogP contribution in [0.25, 0.3) is 10.6 Å². The number of carbonyl (C=O) groups excluding carboxylic acids is 2. The van der Waals surface area contributed by atoms with E-state index in [0.29, 0.717) is 11.6 Å². The second-order valence-electron chi connectivity index (χ2n) is 10.7. The molecule has 2 aromatic heterocycles. The molecule has 1 aliphatic rings. The van der Waals surface area contributed by atoms with Gasteiger partial charge in [0, 0.05) is 12.5 Å². The second-order valence-corrected chi connectivity index (χ2v) is 11.7. The molecule has 1 amide bonds. The fraction of sp³-hybridized carbons (Fsp3) is 0.560. The third kappa shape index (κ3) is 7.00. The predicted octanol–water partition coefficient (Wildman–Crippen LogP) is 4.03. The maximum absolute atomic E-state index is 13.6. The summed E-state index contributed by atoms with van der Waals surface area (Å²) in [7, 11) is 0. The molecule has 190 valence electrons. The van der Waals surface area contributed by atoms with Crippen LogP contribution in [-0.4, -0.2) is 62.1 Å². The Morgan fingerprint density at radius 2 is 1.91 bits per heavy atom. The fourth-order valence-corrected chi connectivity index (χ4v) is 4.70. The van der Waals surface area contributed by atoms with Crippen molar-refractivity contribution in [1.82, 2.24) is 14.9 Å². The van der Waals surface area contributed by atoms with Crippen molar-refractivity contribution in [3.8, 4) is 16.5 Å². The molecule has 1 aliphatic heterocycles. The Morgan fingerprint density at radius 3 is 2.49 bits per heavy atom. The minimum atomic E-state index is -1.11. The Bertz CT molecular complexity index is 1060. The molecule has 0 radical (unpaired) electrons. The van der Waals surface area contributed by atoms with Gasteiger partial charge >= 0.3 is 11.9 Å². The SMILES string of the molecule is CC(C)(C)OC(=O)C[C@H](C(=O)N1C[C@H](Oc2cc(-c3cccs3)ncn2)C[C@H]1C(=O)O)C(C)(C)C. The number of carboxylic acids is 1. The molecular weight excluding hydrogens is 470 g/mol. The first-order valence-electron chi connectivity index (χ1n) is 11.5. The topological polar surface area (TPSA) is 119 Å². The average molecular weight is 504 g/mol. The molecule has 1 N–H and O–H groups in total. The molecule has 0 aliphatic carbocycles. The third-order valence-corrected chi connectivity index (χ3v) is 6.56. The van der Waals surface area contributed by atoms with E-state index in [4.69, 9.17) is 9.47 Å². The Balaban J connectivity index is 1.77. The third-order valence-electron chi connectivity index (χ3n) is 5.67. The lowest BCUT2D eigenvalue weighted by molar-refractivity contribution is -0.161. The highest BCUT2D eigenvalue weighted by Crippen LogP contribution is 2.35. The molecule has 0 bridgehead atoms. The minimum Gasteiger partial charge on any atom is -0.480 e. The zero-order valence-corrected chi connectivity index (χ0v) is 21.8. The molecule has 3 heterocycles. The maximum Gasteiger partial charge on any atom is 0.326 e. The van der Waals surface area contributed by atoms with Gasteiger partial charge in [0.2, 0.25) is 11.8 Å². The van der Waals surface area contributed by atoms with Gasteiger partial charge in [0.25, 0.3) is 0 Å². The van der Waals surface area contributed by atoms with Crippen LogP contribution in [-0.2, 0) is 19.1 Å². The first-order chi connectivity index (χ1) is 16.2. The number of aliphatic carboxylic acids is 1. The van der Waals surface area contributed by atoms with Gasteiger partial charge in [0.05, 0.1) is 29.5 Å². The zero-order valence-electron chi connectivity index (χ0n) is 21.0. The molecule has 2 aromatic rings. The van der Waals surface area contributed by atoms with Gasteiger partial charge in [-0.05, 0) is 37.6 Å². The van der Waals surface area contributed by atoms with Crippen LogP contribution in [0.1, 0.15) is 54.4 Å². The number of aromatic nitrogens is 2. The summed E-state index contributed by atoms with van der Waals surface area (Å²) in [5.74, 6) is -2.44. The van der Waals surface area contributed by atoms with E-state index >= 15 is 0 Å². The molecule has 3 rings (SSSR count). The van der Waals surface area contributed by atoms with Gasteiger partial charge < -0.3 is 19.5 Å². The summed E-state index contributed by atoms with van der Waals surface area (Å²) in [4.78, 5) is 48.9. The lowest BCUT2D eigenvalue weighted by atomic mass is 9.77. The standard InChI is InChI=1S/C25H33N3O6S/c1-24(2,3)16(11-21(29)34-25(4,5)6)22(30)28-13-15(10-18(28)23(31)32)33-20-12-17(26-14-27-20)19-8-7-9-35-19/h7-9,12,14-16,18H,10-11,13H2,1-6H3,(H,31,32)/t15-,16-,18+/m1/s1. The predicted molar refractivity (Wildman–Crippen MR) is 131 cm³/mol. The van der Waals surface area contributed by atoms with Gasteiger partial charge in [-0.25, -0.2) is 14.8 Å². The number of ether oxygens (including phenoxy) is 2. The van der Waals surface area contributed by atoms with Crippen molar-refractivity contribution in [2.24, 2.45) is 11.3 Å². The minimum absolute atomic E-state index is 0.0784. The first-order valence-corrected chi connectivity index (χ1v) is 12.4. The van der Waals surface area contributed by atoms with Crippen LogP contribution in [0.4, 0.5) is 0 Å². The van der Waals surface area contributed by atoms with Gasteiger partial charge in [-0.3, -0.25) is 9.59 Å². The quantitative estimate of drug-likeness (QED) is 0.563. The van der Waals surface area contributed by atoms with E-state index in [9.17, 15) is 19.5 Å². The summed E-state index contributed by atoms with van der Waals surface area (Å²) in [6.07, 6.45) is 0.813. The number of carbonyl (C=O) groups is 3. The number of rotatable bonds is 7. The van der Waals surface area contributed by atoms with Gasteiger partial charge in [0.1, 0.15) is 24.1 Å². The van der Waals surface area contributed by atoms with Gasteiger partial charge in [-0.15, -0.1) is 11.3 Å². The molecular formula is C25H33N3O6S. The molecule has 0 spiro atoms. The summed E-state index contributed by atoms with van der Waals surface area (Å²) >= 11 is 1.54. The van der Waals surface area contributed by atoms with E-state index < -0.39 is 46.9 Å². The lowest BCUT2D eigenvalue weighted by Gasteiger charge is -2.34. The summed E-state index contributed by atoms with van der Waals surface area (Å²) in [5, 5.41) is 11.8. The van der Waals surface area contributed by atoms with Crippen LogP contribution < -0.4 is 4.74 Å². The smallest absolute Gasteiger partial charge is 0.326 e. The van der Waals surface area contributed by atoms with Crippen molar-refractivity contribution in [3.63, 3.8) is 0 Å². The summed E-state index contributed by atoms with van der Waals surface area (Å²) < 4.78 is 11.4. The van der Waals surface area contributed by atoms with Crippen molar-refractivity contribution in [2.45, 2.75) is 72.1 Å². The molecule has 0 aromatic carbocycles. The van der Waals surface area contributed by atoms with Gasteiger partial charge in [0.15, 0.2) is 0 Å². The Morgan fingerprint density at radius 1 is 1.20 bits per heavy atom. The molecule has 1 fully saturated rings. The monoisotopic (exact) mass is 503 g/mol. The van der Waals surface area contributed by atoms with Gasteiger partial charge in [-0.1, -0.05) is 26.8 Å². The number of likely N-dealkylation sites (tertiary alicyclic amines) is 1. The molecule has 35 heavy (non-hydrogen) atoms. The molecule has 3 atom stereocenters. The largest absolute Gasteiger partial charge is 0.480 e. The fourth-order valence-electron chi connectivity index (χ4n) is 4.01. The van der Waals surface area contributed by atoms with E-state index in [1.54, 1.807) is 26.8 Å². The van der Waals surface area contributed by atoms with Crippen molar-refractivity contribution < 1.29 is 29.0 Å². The van der Waals surface area contributed by atoms with Crippen molar-refractivity contribution in [3.05, 3.63) is 29.9 Å². The van der Waals surface area contributed by atoms with Crippen molar-refractivity contribution in [1.29, 1.82) is 0 Å². The summed E-state index contributed by atoms with van der Waals surface area (Å²) in [5.41, 5.74) is -0.563.